The minimum absolute atomic E-state index is 0.236. The van der Waals surface area contributed by atoms with Crippen molar-refractivity contribution in [3.05, 3.63) is 40.7 Å². The number of hydrogen-bond donors (Lipinski definition) is 1. The van der Waals surface area contributed by atoms with E-state index in [0.29, 0.717) is 26.2 Å². The van der Waals surface area contributed by atoms with Crippen molar-refractivity contribution in [3.63, 3.8) is 0 Å². The zero-order chi connectivity index (χ0) is 19.8. The number of carbonyl (C=O) groups excluding carboxylic acids is 1. The van der Waals surface area contributed by atoms with Crippen LogP contribution in [0, 0.1) is 0 Å². The highest BCUT2D eigenvalue weighted by molar-refractivity contribution is 7.09. The number of nitrogens with zero attached hydrogens (tertiary/aromatic N) is 4. The van der Waals surface area contributed by atoms with Crippen LogP contribution in [-0.4, -0.2) is 66.2 Å². The summed E-state index contributed by atoms with van der Waals surface area (Å²) in [6.07, 6.45) is -0.236. The highest BCUT2D eigenvalue weighted by Gasteiger charge is 2.23. The summed E-state index contributed by atoms with van der Waals surface area (Å²) in [5.74, 6) is 0.863. The molecule has 0 bridgehead atoms. The third-order valence-corrected chi connectivity index (χ3v) is 5.26. The van der Waals surface area contributed by atoms with Gasteiger partial charge in [0.1, 0.15) is 5.01 Å². The minimum atomic E-state index is -0.236. The highest BCUT2D eigenvalue weighted by Crippen LogP contribution is 2.22. The maximum atomic E-state index is 11.9. The number of nitrogens with one attached hydrogen (secondary N) is 1. The van der Waals surface area contributed by atoms with Crippen LogP contribution in [0.4, 0.5) is 4.79 Å². The van der Waals surface area contributed by atoms with E-state index in [4.69, 9.17) is 14.7 Å². The van der Waals surface area contributed by atoms with Crippen LogP contribution in [0.2, 0.25) is 0 Å². The van der Waals surface area contributed by atoms with Gasteiger partial charge in [-0.25, -0.2) is 14.8 Å². The van der Waals surface area contributed by atoms with E-state index < -0.39 is 0 Å². The van der Waals surface area contributed by atoms with Gasteiger partial charge in [0.25, 0.3) is 0 Å². The second-order valence-corrected chi connectivity index (χ2v) is 7.28. The zero-order valence-electron chi connectivity index (χ0n) is 16.4. The number of hydrogen-bond acceptors (Lipinski definition) is 5. The van der Waals surface area contributed by atoms with E-state index >= 15 is 0 Å². The Morgan fingerprint density at radius 2 is 1.89 bits per heavy atom. The summed E-state index contributed by atoms with van der Waals surface area (Å²) in [7, 11) is 0. The van der Waals surface area contributed by atoms with Gasteiger partial charge in [0.15, 0.2) is 5.96 Å². The quantitative estimate of drug-likeness (QED) is 0.616. The molecule has 150 valence electrons. The summed E-state index contributed by atoms with van der Waals surface area (Å²) in [6, 6.07) is 10.2. The Hall–Kier alpha value is -2.61. The van der Waals surface area contributed by atoms with Crippen molar-refractivity contribution in [1.29, 1.82) is 0 Å². The van der Waals surface area contributed by atoms with Crippen molar-refractivity contribution >= 4 is 23.4 Å². The van der Waals surface area contributed by atoms with Crippen molar-refractivity contribution in [2.75, 3.05) is 39.3 Å². The van der Waals surface area contributed by atoms with Gasteiger partial charge in [-0.15, -0.1) is 11.3 Å². The van der Waals surface area contributed by atoms with E-state index in [1.807, 2.05) is 25.1 Å². The number of aromatic nitrogens is 1. The normalized spacial score (nSPS) is 14.9. The Morgan fingerprint density at radius 1 is 1.18 bits per heavy atom. The average molecular weight is 402 g/mol. The standard InChI is InChI=1S/C20H27N5O2S/c1-3-21-19(24-10-12-25(13-11-24)20(26)27-4-2)22-14-18-23-17(15-28-18)16-8-6-5-7-9-16/h5-9,15H,3-4,10-14H2,1-2H3,(H,21,22). The summed E-state index contributed by atoms with van der Waals surface area (Å²) in [5.41, 5.74) is 2.11. The smallest absolute Gasteiger partial charge is 0.409 e. The molecule has 1 amide bonds. The fraction of sp³-hybridized carbons (Fsp3) is 0.450. The van der Waals surface area contributed by atoms with Gasteiger partial charge >= 0.3 is 6.09 Å². The van der Waals surface area contributed by atoms with Gasteiger partial charge in [0.05, 0.1) is 18.8 Å². The molecule has 8 heteroatoms. The first-order valence-corrected chi connectivity index (χ1v) is 10.5. The highest BCUT2D eigenvalue weighted by atomic mass is 32.1. The molecule has 1 fully saturated rings. The van der Waals surface area contributed by atoms with Gasteiger partial charge in [-0.3, -0.25) is 0 Å². The molecule has 0 saturated carbocycles. The Balaban J connectivity index is 1.61. The van der Waals surface area contributed by atoms with Crippen LogP contribution < -0.4 is 5.32 Å². The molecule has 2 aromatic rings. The number of benzene rings is 1. The van der Waals surface area contributed by atoms with Crippen LogP contribution >= 0.6 is 11.3 Å². The van der Waals surface area contributed by atoms with Gasteiger partial charge in [-0.2, -0.15) is 0 Å². The summed E-state index contributed by atoms with van der Waals surface area (Å²) >= 11 is 1.63. The summed E-state index contributed by atoms with van der Waals surface area (Å²) in [5, 5.41) is 6.41. The molecular weight excluding hydrogens is 374 g/mol. The molecule has 0 spiro atoms. The van der Waals surface area contributed by atoms with Crippen molar-refractivity contribution in [1.82, 2.24) is 20.1 Å². The average Bonchev–Trinajstić information content (AvgIpc) is 3.21. The molecule has 1 saturated heterocycles. The van der Waals surface area contributed by atoms with Crippen LogP contribution in [0.1, 0.15) is 18.9 Å². The van der Waals surface area contributed by atoms with Crippen LogP contribution in [0.3, 0.4) is 0 Å². The molecule has 1 aromatic heterocycles. The van der Waals surface area contributed by atoms with Crippen LogP contribution in [0.15, 0.2) is 40.7 Å². The molecule has 7 nitrogen and oxygen atoms in total. The lowest BCUT2D eigenvalue weighted by Gasteiger charge is -2.35. The monoisotopic (exact) mass is 401 g/mol. The number of carbonyl (C=O) groups is 1. The van der Waals surface area contributed by atoms with E-state index in [1.54, 1.807) is 16.2 Å². The molecular formula is C20H27N5O2S. The Morgan fingerprint density at radius 3 is 2.57 bits per heavy atom. The molecule has 3 rings (SSSR count). The van der Waals surface area contributed by atoms with Crippen molar-refractivity contribution in [2.45, 2.75) is 20.4 Å². The molecule has 1 aliphatic rings. The van der Waals surface area contributed by atoms with Crippen molar-refractivity contribution in [3.8, 4) is 11.3 Å². The van der Waals surface area contributed by atoms with E-state index in [2.05, 4.69) is 34.7 Å². The number of piperazine rings is 1. The number of aliphatic imine (C=N–C) groups is 1. The Labute approximate surface area is 170 Å². The van der Waals surface area contributed by atoms with Gasteiger partial charge in [-0.05, 0) is 13.8 Å². The van der Waals surface area contributed by atoms with E-state index in [0.717, 1.165) is 41.9 Å². The first-order chi connectivity index (χ1) is 13.7. The number of guanidine groups is 1. The van der Waals surface area contributed by atoms with Gasteiger partial charge in [0, 0.05) is 43.7 Å². The molecule has 0 radical (unpaired) electrons. The lowest BCUT2D eigenvalue weighted by Crippen LogP contribution is -2.53. The zero-order valence-corrected chi connectivity index (χ0v) is 17.2. The molecule has 0 atom stereocenters. The number of amides is 1. The van der Waals surface area contributed by atoms with Gasteiger partial charge < -0.3 is 19.9 Å². The summed E-state index contributed by atoms with van der Waals surface area (Å²) in [4.78, 5) is 25.3. The third-order valence-electron chi connectivity index (χ3n) is 4.43. The van der Waals surface area contributed by atoms with E-state index in [-0.39, 0.29) is 6.09 Å². The number of rotatable bonds is 5. The molecule has 2 heterocycles. The Kier molecular flexibility index (Phi) is 7.25. The molecule has 28 heavy (non-hydrogen) atoms. The first kappa shape index (κ1) is 20.1. The molecule has 1 N–H and O–H groups in total. The maximum absolute atomic E-state index is 11.9. The van der Waals surface area contributed by atoms with Crippen LogP contribution in [0.25, 0.3) is 11.3 Å². The maximum Gasteiger partial charge on any atom is 0.409 e. The third kappa shape index (κ3) is 5.22. The van der Waals surface area contributed by atoms with E-state index in [9.17, 15) is 4.79 Å². The fourth-order valence-corrected chi connectivity index (χ4v) is 3.74. The molecule has 0 unspecified atom stereocenters. The van der Waals surface area contributed by atoms with Crippen molar-refractivity contribution < 1.29 is 9.53 Å². The summed E-state index contributed by atoms with van der Waals surface area (Å²) in [6.45, 7) is 8.37. The fourth-order valence-electron chi connectivity index (χ4n) is 3.01. The van der Waals surface area contributed by atoms with Crippen molar-refractivity contribution in [2.24, 2.45) is 4.99 Å². The number of ether oxygens (including phenoxy) is 1. The predicted molar refractivity (Wildman–Crippen MR) is 113 cm³/mol. The SMILES string of the molecule is CCNC(=NCc1nc(-c2ccccc2)cs1)N1CCN(C(=O)OCC)CC1. The molecule has 1 aromatic carbocycles. The second kappa shape index (κ2) is 10.1. The van der Waals surface area contributed by atoms with Crippen LogP contribution in [0.5, 0.6) is 0 Å². The number of thiazole rings is 1. The lowest BCUT2D eigenvalue weighted by atomic mass is 10.2. The topological polar surface area (TPSA) is 70.1 Å². The minimum Gasteiger partial charge on any atom is -0.450 e. The Bertz CT molecular complexity index is 785. The van der Waals surface area contributed by atoms with Gasteiger partial charge in [-0.1, -0.05) is 30.3 Å². The first-order valence-electron chi connectivity index (χ1n) is 9.66. The molecule has 1 aliphatic heterocycles. The predicted octanol–water partition coefficient (Wildman–Crippen LogP) is 3.05. The van der Waals surface area contributed by atoms with E-state index in [1.165, 1.54) is 0 Å². The van der Waals surface area contributed by atoms with Crippen LogP contribution in [-0.2, 0) is 11.3 Å². The largest absolute Gasteiger partial charge is 0.450 e. The second-order valence-electron chi connectivity index (χ2n) is 6.34. The van der Waals surface area contributed by atoms with Gasteiger partial charge in [0.2, 0.25) is 0 Å². The lowest BCUT2D eigenvalue weighted by molar-refractivity contribution is 0.0914. The summed E-state index contributed by atoms with van der Waals surface area (Å²) < 4.78 is 5.08. The molecule has 0 aliphatic carbocycles.